The molecule has 0 bridgehead atoms. The minimum absolute atomic E-state index is 0.0341. The van der Waals surface area contributed by atoms with E-state index in [4.69, 9.17) is 0 Å². The first kappa shape index (κ1) is 22.8. The third-order valence-electron chi connectivity index (χ3n) is 5.58. The molecule has 10 heteroatoms. The third-order valence-corrected chi connectivity index (χ3v) is 5.58. The molecule has 7 nitrogen and oxygen atoms in total. The lowest BCUT2D eigenvalue weighted by Crippen LogP contribution is -2.49. The van der Waals surface area contributed by atoms with Gasteiger partial charge in [0.1, 0.15) is 6.04 Å². The minimum atomic E-state index is -4.70. The van der Waals surface area contributed by atoms with Gasteiger partial charge in [0.2, 0.25) is 17.6 Å². The Bertz CT molecular complexity index is 927. The molecule has 0 aliphatic carbocycles. The first-order valence-corrected chi connectivity index (χ1v) is 10.2. The topological polar surface area (TPSA) is 79.5 Å². The summed E-state index contributed by atoms with van der Waals surface area (Å²) in [6, 6.07) is 6.14. The molecule has 2 heterocycles. The van der Waals surface area contributed by atoms with Crippen LogP contribution in [0.2, 0.25) is 0 Å². The van der Waals surface area contributed by atoms with Crippen LogP contribution in [0.1, 0.15) is 51.5 Å². The molecule has 3 rings (SSSR count). The fourth-order valence-electron chi connectivity index (χ4n) is 3.67. The van der Waals surface area contributed by atoms with Crippen molar-refractivity contribution in [1.29, 1.82) is 0 Å². The zero-order valence-corrected chi connectivity index (χ0v) is 17.6. The molecule has 1 saturated heterocycles. The number of carbonyl (C=O) groups excluding carboxylic acids is 2. The van der Waals surface area contributed by atoms with Crippen molar-refractivity contribution in [3.05, 3.63) is 35.7 Å². The minimum Gasteiger partial charge on any atom is -0.334 e. The fraction of sp³-hybridized carbons (Fsp3) is 0.524. The van der Waals surface area contributed by atoms with Crippen molar-refractivity contribution in [1.82, 2.24) is 19.9 Å². The molecule has 0 spiro atoms. The lowest BCUT2D eigenvalue weighted by molar-refractivity contribution is -0.159. The van der Waals surface area contributed by atoms with E-state index in [0.29, 0.717) is 25.1 Å². The van der Waals surface area contributed by atoms with Crippen molar-refractivity contribution < 1.29 is 27.3 Å². The summed E-state index contributed by atoms with van der Waals surface area (Å²) in [7, 11) is 0. The van der Waals surface area contributed by atoms with Gasteiger partial charge in [-0.3, -0.25) is 9.59 Å². The number of carbonyl (C=O) groups is 2. The van der Waals surface area contributed by atoms with Gasteiger partial charge in [0.15, 0.2) is 0 Å². The van der Waals surface area contributed by atoms with Crippen LogP contribution in [0.4, 0.5) is 13.2 Å². The van der Waals surface area contributed by atoms with Crippen LogP contribution in [0.15, 0.2) is 28.8 Å². The summed E-state index contributed by atoms with van der Waals surface area (Å²) in [5.74, 6) is -1.75. The van der Waals surface area contributed by atoms with E-state index in [0.717, 1.165) is 18.4 Å². The molecule has 2 amide bonds. The van der Waals surface area contributed by atoms with Crippen LogP contribution in [-0.2, 0) is 22.3 Å². The van der Waals surface area contributed by atoms with Crippen LogP contribution in [0.3, 0.4) is 0 Å². The number of amides is 2. The van der Waals surface area contributed by atoms with Gasteiger partial charge in [-0.05, 0) is 31.7 Å². The van der Waals surface area contributed by atoms with Gasteiger partial charge < -0.3 is 14.3 Å². The van der Waals surface area contributed by atoms with E-state index in [-0.39, 0.29) is 23.7 Å². The molecule has 0 saturated carbocycles. The van der Waals surface area contributed by atoms with E-state index in [1.807, 2.05) is 13.8 Å². The highest BCUT2D eigenvalue weighted by Gasteiger charge is 2.39. The molecular formula is C21H25F3N4O3. The lowest BCUT2D eigenvalue weighted by atomic mass is 10.1. The van der Waals surface area contributed by atoms with E-state index in [1.165, 1.54) is 6.92 Å². The zero-order valence-electron chi connectivity index (χ0n) is 17.6. The number of likely N-dealkylation sites (tertiary alicyclic amines) is 1. The summed E-state index contributed by atoms with van der Waals surface area (Å²) in [6.07, 6.45) is -2.51. The maximum atomic E-state index is 13.2. The average molecular weight is 438 g/mol. The summed E-state index contributed by atoms with van der Waals surface area (Å²) >= 11 is 0. The highest BCUT2D eigenvalue weighted by Crippen LogP contribution is 2.29. The van der Waals surface area contributed by atoms with Crippen molar-refractivity contribution in [2.75, 3.05) is 6.54 Å². The third kappa shape index (κ3) is 5.05. The Hall–Kier alpha value is -2.91. The number of hydrogen-bond acceptors (Lipinski definition) is 5. The maximum Gasteiger partial charge on any atom is 0.471 e. The quantitative estimate of drug-likeness (QED) is 0.684. The van der Waals surface area contributed by atoms with Crippen molar-refractivity contribution >= 4 is 11.8 Å². The molecule has 1 aromatic carbocycles. The number of halogens is 3. The molecule has 1 fully saturated rings. The Kier molecular flexibility index (Phi) is 6.66. The molecule has 168 valence electrons. The van der Waals surface area contributed by atoms with Crippen molar-refractivity contribution in [2.24, 2.45) is 0 Å². The Morgan fingerprint density at radius 3 is 2.52 bits per heavy atom. The fourth-order valence-corrected chi connectivity index (χ4v) is 3.67. The number of benzene rings is 1. The van der Waals surface area contributed by atoms with Gasteiger partial charge in [-0.15, -0.1) is 0 Å². The number of nitrogens with zero attached hydrogens (tertiary/aromatic N) is 4. The molecular weight excluding hydrogens is 413 g/mol. The normalized spacial score (nSPS) is 17.6. The zero-order chi connectivity index (χ0) is 22.8. The van der Waals surface area contributed by atoms with E-state index < -0.39 is 18.1 Å². The number of hydrogen-bond donors (Lipinski definition) is 0. The second-order valence-corrected chi connectivity index (χ2v) is 7.71. The molecule has 1 aromatic heterocycles. The van der Waals surface area contributed by atoms with Crippen LogP contribution in [0.25, 0.3) is 11.4 Å². The van der Waals surface area contributed by atoms with Crippen molar-refractivity contribution in [3.8, 4) is 11.4 Å². The molecule has 2 atom stereocenters. The highest BCUT2D eigenvalue weighted by molar-refractivity contribution is 5.87. The monoisotopic (exact) mass is 438 g/mol. The van der Waals surface area contributed by atoms with Gasteiger partial charge in [0.05, 0.1) is 0 Å². The van der Waals surface area contributed by atoms with E-state index in [2.05, 4.69) is 14.7 Å². The summed E-state index contributed by atoms with van der Waals surface area (Å²) < 4.78 is 42.2. The van der Waals surface area contributed by atoms with Crippen LogP contribution >= 0.6 is 0 Å². The number of rotatable bonds is 6. The van der Waals surface area contributed by atoms with Gasteiger partial charge in [0.25, 0.3) is 0 Å². The van der Waals surface area contributed by atoms with Crippen LogP contribution < -0.4 is 0 Å². The van der Waals surface area contributed by atoms with E-state index >= 15 is 0 Å². The second kappa shape index (κ2) is 9.07. The SMILES string of the molecule is CCC(C)N(Cc1ccc(-c2noc(C(F)(F)F)n2)cc1)C(=O)C1CCCN1C(C)=O. The highest BCUT2D eigenvalue weighted by atomic mass is 19.4. The summed E-state index contributed by atoms with van der Waals surface area (Å²) in [5, 5.41) is 3.38. The van der Waals surface area contributed by atoms with Gasteiger partial charge in [-0.1, -0.05) is 36.3 Å². The van der Waals surface area contributed by atoms with Crippen LogP contribution in [0, 0.1) is 0 Å². The van der Waals surface area contributed by atoms with E-state index in [1.54, 1.807) is 34.1 Å². The standard InChI is InChI=1S/C21H25F3N4O3/c1-4-13(2)28(19(30)17-6-5-11-27(17)14(3)29)12-15-7-9-16(10-8-15)18-25-20(31-26-18)21(22,23)24/h7-10,13,17H,4-6,11-12H2,1-3H3. The molecule has 31 heavy (non-hydrogen) atoms. The molecule has 1 aliphatic rings. The summed E-state index contributed by atoms with van der Waals surface area (Å²) in [4.78, 5) is 31.9. The lowest BCUT2D eigenvalue weighted by Gasteiger charge is -2.34. The second-order valence-electron chi connectivity index (χ2n) is 7.71. The Morgan fingerprint density at radius 1 is 1.29 bits per heavy atom. The van der Waals surface area contributed by atoms with Crippen molar-refractivity contribution in [2.45, 2.75) is 64.8 Å². The molecule has 2 unspecified atom stereocenters. The Balaban J connectivity index is 1.77. The number of alkyl halides is 3. The predicted molar refractivity (Wildman–Crippen MR) is 105 cm³/mol. The van der Waals surface area contributed by atoms with Crippen LogP contribution in [0.5, 0.6) is 0 Å². The Labute approximate surface area is 178 Å². The first-order chi connectivity index (χ1) is 14.6. The van der Waals surface area contributed by atoms with Crippen molar-refractivity contribution in [3.63, 3.8) is 0 Å². The first-order valence-electron chi connectivity index (χ1n) is 10.2. The molecule has 0 radical (unpaired) electrons. The Morgan fingerprint density at radius 2 is 1.97 bits per heavy atom. The summed E-state index contributed by atoms with van der Waals surface area (Å²) in [5.41, 5.74) is 1.19. The predicted octanol–water partition coefficient (Wildman–Crippen LogP) is 3.89. The maximum absolute atomic E-state index is 13.2. The van der Waals surface area contributed by atoms with Gasteiger partial charge in [-0.2, -0.15) is 18.2 Å². The largest absolute Gasteiger partial charge is 0.471 e. The van der Waals surface area contributed by atoms with Gasteiger partial charge in [-0.25, -0.2) is 0 Å². The van der Waals surface area contributed by atoms with Crippen LogP contribution in [-0.4, -0.2) is 50.4 Å². The smallest absolute Gasteiger partial charge is 0.334 e. The summed E-state index contributed by atoms with van der Waals surface area (Å²) in [6.45, 7) is 6.33. The molecule has 2 aromatic rings. The average Bonchev–Trinajstić information content (AvgIpc) is 3.41. The van der Waals surface area contributed by atoms with Gasteiger partial charge in [0, 0.05) is 31.6 Å². The molecule has 0 N–H and O–H groups in total. The molecule has 1 aliphatic heterocycles. The van der Waals surface area contributed by atoms with Gasteiger partial charge >= 0.3 is 12.1 Å². The van der Waals surface area contributed by atoms with E-state index in [9.17, 15) is 22.8 Å². The number of aromatic nitrogens is 2.